The molecule has 0 aliphatic heterocycles. The molecular formula is C16H28IN7. The Morgan fingerprint density at radius 3 is 2.79 bits per heavy atom. The van der Waals surface area contributed by atoms with Crippen molar-refractivity contribution in [2.45, 2.75) is 33.4 Å². The summed E-state index contributed by atoms with van der Waals surface area (Å²) in [5.41, 5.74) is 1.25. The number of guanidine groups is 1. The molecule has 0 amide bonds. The van der Waals surface area contributed by atoms with Gasteiger partial charge in [-0.25, -0.2) is 0 Å². The highest BCUT2D eigenvalue weighted by Crippen LogP contribution is 2.04. The van der Waals surface area contributed by atoms with E-state index in [-0.39, 0.29) is 24.0 Å². The van der Waals surface area contributed by atoms with Gasteiger partial charge in [0.25, 0.3) is 0 Å². The SMILES string of the molecule is CCNC(=NCCn1cnnc1CC)N(C)Cc1cccn1C.I. The largest absolute Gasteiger partial charge is 0.357 e. The number of hydrogen-bond donors (Lipinski definition) is 1. The summed E-state index contributed by atoms with van der Waals surface area (Å²) < 4.78 is 4.19. The van der Waals surface area contributed by atoms with Crippen LogP contribution in [0.4, 0.5) is 0 Å². The molecule has 1 N–H and O–H groups in total. The number of nitrogens with one attached hydrogen (secondary N) is 1. The zero-order valence-corrected chi connectivity index (χ0v) is 17.3. The van der Waals surface area contributed by atoms with Gasteiger partial charge in [0.1, 0.15) is 12.2 Å². The molecule has 0 bridgehead atoms. The maximum Gasteiger partial charge on any atom is 0.194 e. The lowest BCUT2D eigenvalue weighted by Gasteiger charge is -2.22. The van der Waals surface area contributed by atoms with Crippen molar-refractivity contribution in [2.24, 2.45) is 12.0 Å². The van der Waals surface area contributed by atoms with E-state index in [2.05, 4.69) is 75.8 Å². The number of nitrogens with zero attached hydrogens (tertiary/aromatic N) is 6. The summed E-state index contributed by atoms with van der Waals surface area (Å²) in [6.07, 6.45) is 4.72. The van der Waals surface area contributed by atoms with E-state index in [1.54, 1.807) is 6.33 Å². The maximum absolute atomic E-state index is 4.72. The first-order chi connectivity index (χ1) is 11.2. The minimum atomic E-state index is 0. The van der Waals surface area contributed by atoms with Crippen LogP contribution in [0.3, 0.4) is 0 Å². The van der Waals surface area contributed by atoms with Crippen LogP contribution in [0.5, 0.6) is 0 Å². The Kier molecular flexibility index (Phi) is 8.80. The van der Waals surface area contributed by atoms with Crippen LogP contribution in [0.2, 0.25) is 0 Å². The predicted molar refractivity (Wildman–Crippen MR) is 108 cm³/mol. The quantitative estimate of drug-likeness (QED) is 0.402. The molecule has 0 radical (unpaired) electrons. The lowest BCUT2D eigenvalue weighted by molar-refractivity contribution is 0.461. The molecule has 0 fully saturated rings. The number of rotatable bonds is 7. The van der Waals surface area contributed by atoms with Crippen molar-refractivity contribution < 1.29 is 0 Å². The Morgan fingerprint density at radius 1 is 1.38 bits per heavy atom. The second kappa shape index (κ2) is 10.3. The molecule has 8 heteroatoms. The number of aromatic nitrogens is 4. The van der Waals surface area contributed by atoms with Crippen LogP contribution < -0.4 is 5.32 Å². The normalized spacial score (nSPS) is 11.2. The summed E-state index contributed by atoms with van der Waals surface area (Å²) >= 11 is 0. The van der Waals surface area contributed by atoms with Gasteiger partial charge in [-0.05, 0) is 19.1 Å². The Morgan fingerprint density at radius 2 is 2.17 bits per heavy atom. The van der Waals surface area contributed by atoms with Crippen LogP contribution in [0.1, 0.15) is 25.4 Å². The third kappa shape index (κ3) is 5.50. The summed E-state index contributed by atoms with van der Waals surface area (Å²) in [6.45, 7) is 7.33. The van der Waals surface area contributed by atoms with Gasteiger partial charge >= 0.3 is 0 Å². The number of aliphatic imine (C=N–C) groups is 1. The number of aryl methyl sites for hydroxylation is 2. The molecule has 0 atom stereocenters. The Bertz CT molecular complexity index is 632. The first kappa shape index (κ1) is 20.5. The molecule has 0 saturated heterocycles. The fourth-order valence-electron chi connectivity index (χ4n) is 2.45. The third-order valence-corrected chi connectivity index (χ3v) is 3.76. The Labute approximate surface area is 161 Å². The van der Waals surface area contributed by atoms with Gasteiger partial charge in [0, 0.05) is 45.5 Å². The van der Waals surface area contributed by atoms with Crippen LogP contribution in [-0.2, 0) is 26.6 Å². The van der Waals surface area contributed by atoms with Crippen molar-refractivity contribution in [1.82, 2.24) is 29.5 Å². The summed E-state index contributed by atoms with van der Waals surface area (Å²) in [5, 5.41) is 11.4. The van der Waals surface area contributed by atoms with Gasteiger partial charge in [-0.2, -0.15) is 0 Å². The molecule has 24 heavy (non-hydrogen) atoms. The van der Waals surface area contributed by atoms with Crippen molar-refractivity contribution in [3.05, 3.63) is 36.2 Å². The smallest absolute Gasteiger partial charge is 0.194 e. The van der Waals surface area contributed by atoms with Crippen molar-refractivity contribution >= 4 is 29.9 Å². The highest BCUT2D eigenvalue weighted by Gasteiger charge is 2.08. The van der Waals surface area contributed by atoms with Crippen LogP contribution in [0, 0.1) is 0 Å². The predicted octanol–water partition coefficient (Wildman–Crippen LogP) is 1.89. The molecule has 2 rings (SSSR count). The van der Waals surface area contributed by atoms with Gasteiger partial charge in [-0.15, -0.1) is 34.2 Å². The minimum absolute atomic E-state index is 0. The van der Waals surface area contributed by atoms with E-state index in [0.717, 1.165) is 37.8 Å². The van der Waals surface area contributed by atoms with Crippen molar-refractivity contribution in [3.8, 4) is 0 Å². The van der Waals surface area contributed by atoms with Crippen LogP contribution in [0.15, 0.2) is 29.6 Å². The summed E-state index contributed by atoms with van der Waals surface area (Å²) in [5.74, 6) is 1.92. The number of hydrogen-bond acceptors (Lipinski definition) is 3. The van der Waals surface area contributed by atoms with Crippen LogP contribution >= 0.6 is 24.0 Å². The van der Waals surface area contributed by atoms with E-state index < -0.39 is 0 Å². The third-order valence-electron chi connectivity index (χ3n) is 3.76. The zero-order chi connectivity index (χ0) is 16.7. The van der Waals surface area contributed by atoms with E-state index in [9.17, 15) is 0 Å². The first-order valence-electron chi connectivity index (χ1n) is 8.12. The second-order valence-electron chi connectivity index (χ2n) is 5.50. The average Bonchev–Trinajstić information content (AvgIpc) is 3.15. The van der Waals surface area contributed by atoms with Crippen molar-refractivity contribution in [1.29, 1.82) is 0 Å². The summed E-state index contributed by atoms with van der Waals surface area (Å²) in [7, 11) is 4.12. The lowest BCUT2D eigenvalue weighted by atomic mass is 10.4. The first-order valence-corrected chi connectivity index (χ1v) is 8.12. The zero-order valence-electron chi connectivity index (χ0n) is 14.9. The monoisotopic (exact) mass is 445 g/mol. The van der Waals surface area contributed by atoms with Gasteiger partial charge in [0.05, 0.1) is 13.1 Å². The molecule has 2 aromatic rings. The van der Waals surface area contributed by atoms with Gasteiger partial charge in [-0.3, -0.25) is 4.99 Å². The number of halogens is 1. The summed E-state index contributed by atoms with van der Waals surface area (Å²) in [4.78, 5) is 6.86. The Hall–Kier alpha value is -1.58. The van der Waals surface area contributed by atoms with Gasteiger partial charge in [0.2, 0.25) is 0 Å². The molecule has 2 aromatic heterocycles. The molecular weight excluding hydrogens is 417 g/mol. The summed E-state index contributed by atoms with van der Waals surface area (Å²) in [6, 6.07) is 4.19. The van der Waals surface area contributed by atoms with Crippen molar-refractivity contribution in [3.63, 3.8) is 0 Å². The molecule has 0 unspecified atom stereocenters. The molecule has 0 spiro atoms. The van der Waals surface area contributed by atoms with Gasteiger partial charge in [0.15, 0.2) is 5.96 Å². The maximum atomic E-state index is 4.72. The van der Waals surface area contributed by atoms with Gasteiger partial charge in [-0.1, -0.05) is 6.92 Å². The van der Waals surface area contributed by atoms with Crippen LogP contribution in [-0.4, -0.2) is 50.3 Å². The van der Waals surface area contributed by atoms with E-state index in [0.29, 0.717) is 6.54 Å². The highest BCUT2D eigenvalue weighted by molar-refractivity contribution is 14.0. The molecule has 0 aliphatic rings. The fraction of sp³-hybridized carbons (Fsp3) is 0.562. The highest BCUT2D eigenvalue weighted by atomic mass is 127. The van der Waals surface area contributed by atoms with E-state index >= 15 is 0 Å². The molecule has 134 valence electrons. The van der Waals surface area contributed by atoms with E-state index in [4.69, 9.17) is 4.99 Å². The topological polar surface area (TPSA) is 63.3 Å². The molecule has 0 aromatic carbocycles. The lowest BCUT2D eigenvalue weighted by Crippen LogP contribution is -2.39. The second-order valence-corrected chi connectivity index (χ2v) is 5.50. The molecule has 2 heterocycles. The fourth-order valence-corrected chi connectivity index (χ4v) is 2.45. The molecule has 0 saturated carbocycles. The van der Waals surface area contributed by atoms with E-state index in [1.807, 2.05) is 0 Å². The van der Waals surface area contributed by atoms with Gasteiger partial charge < -0.3 is 19.4 Å². The van der Waals surface area contributed by atoms with Crippen LogP contribution in [0.25, 0.3) is 0 Å². The average molecular weight is 445 g/mol. The molecule has 0 aliphatic carbocycles. The Balaban J connectivity index is 0.00000288. The van der Waals surface area contributed by atoms with E-state index in [1.165, 1.54) is 5.69 Å². The van der Waals surface area contributed by atoms with Crippen molar-refractivity contribution in [2.75, 3.05) is 20.1 Å². The standard InChI is InChI=1S/C16H27N7.HI/c1-5-15-20-19-13-23(15)11-9-18-16(17-6-2)22(4)12-14-8-7-10-21(14)3;/h7-8,10,13H,5-6,9,11-12H2,1-4H3,(H,17,18);1H. The molecule has 7 nitrogen and oxygen atoms in total. The minimum Gasteiger partial charge on any atom is -0.357 e.